The van der Waals surface area contributed by atoms with E-state index in [0.29, 0.717) is 23.7 Å². The van der Waals surface area contributed by atoms with Gasteiger partial charge < -0.3 is 14.8 Å². The molecule has 1 aliphatic rings. The minimum Gasteiger partial charge on any atom is -0.487 e. The molecule has 2 rings (SSSR count). The van der Waals surface area contributed by atoms with Crippen LogP contribution in [-0.4, -0.2) is 31.8 Å². The summed E-state index contributed by atoms with van der Waals surface area (Å²) in [5.74, 6) is 0.412. The van der Waals surface area contributed by atoms with Gasteiger partial charge in [0.15, 0.2) is 0 Å². The Hall–Kier alpha value is -0.970. The number of carbonyl (C=O) groups is 1. The highest BCUT2D eigenvalue weighted by Crippen LogP contribution is 2.28. The van der Waals surface area contributed by atoms with E-state index in [1.54, 1.807) is 0 Å². The maximum Gasteiger partial charge on any atom is 0.323 e. The lowest BCUT2D eigenvalue weighted by Crippen LogP contribution is -2.31. The van der Waals surface area contributed by atoms with Crippen LogP contribution in [0.5, 0.6) is 5.75 Å². The lowest BCUT2D eigenvalue weighted by atomic mass is 10.1. The average molecular weight is 320 g/mol. The molecule has 2 atom stereocenters. The zero-order valence-electron chi connectivity index (χ0n) is 11.5. The summed E-state index contributed by atoms with van der Waals surface area (Å²) in [5.41, 5.74) is 1.18. The molecule has 0 saturated carbocycles. The molecule has 0 amide bonds. The van der Waals surface area contributed by atoms with E-state index in [9.17, 15) is 4.79 Å². The van der Waals surface area contributed by atoms with E-state index < -0.39 is 0 Å². The number of ether oxygens (including phenoxy) is 2. The average Bonchev–Trinajstić information content (AvgIpc) is 2.88. The Morgan fingerprint density at radius 3 is 2.85 bits per heavy atom. The number of rotatable bonds is 4. The molecule has 0 spiro atoms. The van der Waals surface area contributed by atoms with E-state index in [-0.39, 0.29) is 30.5 Å². The molecule has 0 aromatic heterocycles. The minimum absolute atomic E-state index is 0. The zero-order valence-corrected chi connectivity index (χ0v) is 13.1. The molecule has 1 aromatic rings. The van der Waals surface area contributed by atoms with Crippen molar-refractivity contribution in [1.82, 2.24) is 5.32 Å². The third-order valence-electron chi connectivity index (χ3n) is 3.27. The molecule has 0 aliphatic carbocycles. The molecule has 2 unspecified atom stereocenters. The van der Waals surface area contributed by atoms with Gasteiger partial charge in [-0.05, 0) is 24.1 Å². The van der Waals surface area contributed by atoms with E-state index in [1.807, 2.05) is 18.2 Å². The predicted molar refractivity (Wildman–Crippen MR) is 80.9 cm³/mol. The van der Waals surface area contributed by atoms with Crippen molar-refractivity contribution < 1.29 is 14.3 Å². The third-order valence-corrected chi connectivity index (χ3v) is 3.57. The molecule has 1 N–H and O–H groups in total. The van der Waals surface area contributed by atoms with Crippen molar-refractivity contribution in [3.63, 3.8) is 0 Å². The van der Waals surface area contributed by atoms with Crippen LogP contribution < -0.4 is 10.1 Å². The van der Waals surface area contributed by atoms with Gasteiger partial charge >= 0.3 is 5.97 Å². The van der Waals surface area contributed by atoms with Gasteiger partial charge in [0.2, 0.25) is 0 Å². The van der Waals surface area contributed by atoms with Crippen LogP contribution in [0.15, 0.2) is 18.2 Å². The summed E-state index contributed by atoms with van der Waals surface area (Å²) in [6, 6.07) is 5.51. The Kier molecular flexibility index (Phi) is 6.59. The van der Waals surface area contributed by atoms with Crippen molar-refractivity contribution >= 4 is 30.0 Å². The summed E-state index contributed by atoms with van der Waals surface area (Å²) in [7, 11) is 1.39. The Bertz CT molecular complexity index is 468. The summed E-state index contributed by atoms with van der Waals surface area (Å²) < 4.78 is 10.5. The summed E-state index contributed by atoms with van der Waals surface area (Å²) in [4.78, 5) is 11.4. The molecule has 6 heteroatoms. The first-order chi connectivity index (χ1) is 9.13. The van der Waals surface area contributed by atoms with E-state index in [2.05, 4.69) is 12.2 Å². The molecule has 1 heterocycles. The van der Waals surface area contributed by atoms with Crippen molar-refractivity contribution in [3.05, 3.63) is 28.8 Å². The molecular weight excluding hydrogens is 301 g/mol. The van der Waals surface area contributed by atoms with Crippen LogP contribution >= 0.6 is 24.0 Å². The molecule has 1 saturated heterocycles. The van der Waals surface area contributed by atoms with Gasteiger partial charge in [-0.15, -0.1) is 12.4 Å². The highest BCUT2D eigenvalue weighted by Gasteiger charge is 2.31. The van der Waals surface area contributed by atoms with Gasteiger partial charge in [0.1, 0.15) is 17.9 Å². The second-order valence-electron chi connectivity index (χ2n) is 4.58. The Morgan fingerprint density at radius 2 is 2.25 bits per heavy atom. The van der Waals surface area contributed by atoms with Crippen LogP contribution in [0.3, 0.4) is 0 Å². The highest BCUT2D eigenvalue weighted by atomic mass is 35.5. The normalized spacial score (nSPS) is 21.1. The Morgan fingerprint density at radius 1 is 1.50 bits per heavy atom. The number of hydrogen-bond donors (Lipinski definition) is 1. The van der Waals surface area contributed by atoms with Crippen molar-refractivity contribution in [2.24, 2.45) is 0 Å². The second kappa shape index (κ2) is 7.72. The van der Waals surface area contributed by atoms with E-state index in [0.717, 1.165) is 6.42 Å². The van der Waals surface area contributed by atoms with Gasteiger partial charge in [-0.3, -0.25) is 4.79 Å². The fourth-order valence-corrected chi connectivity index (χ4v) is 2.40. The van der Waals surface area contributed by atoms with Crippen LogP contribution in [-0.2, 0) is 16.0 Å². The summed E-state index contributed by atoms with van der Waals surface area (Å²) in [6.45, 7) is 2.69. The molecule has 1 aromatic carbocycles. The number of halogens is 2. The van der Waals surface area contributed by atoms with E-state index in [4.69, 9.17) is 21.1 Å². The summed E-state index contributed by atoms with van der Waals surface area (Å²) >= 11 is 6.18. The van der Waals surface area contributed by atoms with Crippen LogP contribution in [0.1, 0.15) is 18.9 Å². The molecule has 4 nitrogen and oxygen atoms in total. The van der Waals surface area contributed by atoms with E-state index in [1.165, 1.54) is 12.7 Å². The molecule has 0 radical (unpaired) electrons. The number of esters is 1. The van der Waals surface area contributed by atoms with Crippen molar-refractivity contribution in [2.75, 3.05) is 13.7 Å². The summed E-state index contributed by atoms with van der Waals surface area (Å²) in [5, 5.41) is 3.69. The predicted octanol–water partition coefficient (Wildman–Crippen LogP) is 2.61. The smallest absolute Gasteiger partial charge is 0.323 e. The first-order valence-corrected chi connectivity index (χ1v) is 6.78. The Balaban J connectivity index is 0.00000200. The van der Waals surface area contributed by atoms with Crippen LogP contribution in [0.2, 0.25) is 5.02 Å². The molecule has 1 aliphatic heterocycles. The maximum atomic E-state index is 11.4. The number of carbonyl (C=O) groups excluding carboxylic acids is 1. The second-order valence-corrected chi connectivity index (χ2v) is 4.99. The zero-order chi connectivity index (χ0) is 13.8. The number of aryl methyl sites for hydroxylation is 1. The van der Waals surface area contributed by atoms with Gasteiger partial charge in [0.05, 0.1) is 12.1 Å². The number of methoxy groups -OCH3 is 1. The minimum atomic E-state index is -0.288. The fraction of sp³-hybridized carbons (Fsp3) is 0.500. The quantitative estimate of drug-likeness (QED) is 0.867. The third kappa shape index (κ3) is 4.01. The lowest BCUT2D eigenvalue weighted by molar-refractivity contribution is -0.142. The Labute approximate surface area is 130 Å². The SMILES string of the molecule is CCc1ccc(OC2CNC(C(=O)OC)C2)c(Cl)c1.Cl. The van der Waals surface area contributed by atoms with Crippen molar-refractivity contribution in [2.45, 2.75) is 31.9 Å². The van der Waals surface area contributed by atoms with Crippen molar-refractivity contribution in [1.29, 1.82) is 0 Å². The largest absolute Gasteiger partial charge is 0.487 e. The van der Waals surface area contributed by atoms with Crippen molar-refractivity contribution in [3.8, 4) is 5.75 Å². The number of benzene rings is 1. The highest BCUT2D eigenvalue weighted by molar-refractivity contribution is 6.32. The molecule has 1 fully saturated rings. The van der Waals surface area contributed by atoms with Gasteiger partial charge in [0.25, 0.3) is 0 Å². The monoisotopic (exact) mass is 319 g/mol. The van der Waals surface area contributed by atoms with Crippen LogP contribution in [0.25, 0.3) is 0 Å². The van der Waals surface area contributed by atoms with Gasteiger partial charge in [-0.1, -0.05) is 24.6 Å². The topological polar surface area (TPSA) is 47.6 Å². The molecule has 112 valence electrons. The summed E-state index contributed by atoms with van der Waals surface area (Å²) in [6.07, 6.45) is 1.47. The van der Waals surface area contributed by atoms with Gasteiger partial charge in [-0.25, -0.2) is 0 Å². The fourth-order valence-electron chi connectivity index (χ4n) is 2.15. The molecule has 20 heavy (non-hydrogen) atoms. The standard InChI is InChI=1S/C14H18ClNO3.ClH/c1-3-9-4-5-13(11(15)6-9)19-10-7-12(16-8-10)14(17)18-2;/h4-6,10,12,16H,3,7-8H2,1-2H3;1H. The lowest BCUT2D eigenvalue weighted by Gasteiger charge is -2.14. The molecule has 0 bridgehead atoms. The van der Waals surface area contributed by atoms with Gasteiger partial charge in [0, 0.05) is 13.0 Å². The maximum absolute atomic E-state index is 11.4. The van der Waals surface area contributed by atoms with Crippen LogP contribution in [0, 0.1) is 0 Å². The first kappa shape index (κ1) is 17.1. The van der Waals surface area contributed by atoms with Gasteiger partial charge in [-0.2, -0.15) is 0 Å². The number of hydrogen-bond acceptors (Lipinski definition) is 4. The van der Waals surface area contributed by atoms with Crippen LogP contribution in [0.4, 0.5) is 0 Å². The van der Waals surface area contributed by atoms with E-state index >= 15 is 0 Å². The molecular formula is C14H19Cl2NO3. The number of nitrogens with one attached hydrogen (secondary N) is 1. The first-order valence-electron chi connectivity index (χ1n) is 6.40.